The number of hydrogen-bond donors (Lipinski definition) is 0. The molecule has 1 atom stereocenters. The van der Waals surface area contributed by atoms with E-state index in [2.05, 4.69) is 9.97 Å². The van der Waals surface area contributed by atoms with Crippen LogP contribution in [0.4, 0.5) is 4.79 Å². The highest BCUT2D eigenvalue weighted by molar-refractivity contribution is 7.84. The van der Waals surface area contributed by atoms with Crippen LogP contribution in [0.5, 0.6) is 0 Å². The van der Waals surface area contributed by atoms with E-state index in [1.165, 1.54) is 6.26 Å². The highest BCUT2D eigenvalue weighted by Crippen LogP contribution is 2.23. The van der Waals surface area contributed by atoms with Gasteiger partial charge in [0.25, 0.3) is 0 Å². The molecule has 0 fully saturated rings. The van der Waals surface area contributed by atoms with Crippen LogP contribution in [0.3, 0.4) is 0 Å². The molecule has 2 heterocycles. The van der Waals surface area contributed by atoms with Crippen molar-refractivity contribution >= 4 is 16.9 Å². The molecule has 1 amide bonds. The fraction of sp³-hybridized carbons (Fsp3) is 0.583. The number of hydrogen-bond acceptors (Lipinski definition) is 5. The number of ether oxygens (including phenoxy) is 1. The van der Waals surface area contributed by atoms with E-state index in [1.54, 1.807) is 11.1 Å². The molecule has 7 heteroatoms. The maximum atomic E-state index is 11.9. The molecule has 2 rings (SSSR count). The van der Waals surface area contributed by atoms with Gasteiger partial charge in [-0.1, -0.05) is 0 Å². The van der Waals surface area contributed by atoms with Gasteiger partial charge in [-0.05, 0) is 20.8 Å². The Balaban J connectivity index is 2.12. The summed E-state index contributed by atoms with van der Waals surface area (Å²) < 4.78 is 16.6. The summed E-state index contributed by atoms with van der Waals surface area (Å²) >= 11 is 0. The lowest BCUT2D eigenvalue weighted by atomic mass is 10.2. The lowest BCUT2D eigenvalue weighted by molar-refractivity contribution is 0.0240. The molecule has 1 aromatic rings. The number of amides is 1. The molecule has 1 aliphatic rings. The summed E-state index contributed by atoms with van der Waals surface area (Å²) in [6.45, 7) is 6.28. The van der Waals surface area contributed by atoms with Crippen molar-refractivity contribution in [2.24, 2.45) is 0 Å². The Bertz CT molecular complexity index is 540. The van der Waals surface area contributed by atoms with Crippen LogP contribution < -0.4 is 0 Å². The molecule has 0 saturated heterocycles. The number of nitrogens with zero attached hydrogens (tertiary/aromatic N) is 3. The van der Waals surface area contributed by atoms with Crippen molar-refractivity contribution in [3.05, 3.63) is 17.5 Å². The van der Waals surface area contributed by atoms with Crippen LogP contribution in [0, 0.1) is 0 Å². The minimum atomic E-state index is -1.22. The Hall–Kier alpha value is -1.50. The van der Waals surface area contributed by atoms with Crippen LogP contribution in [0.15, 0.2) is 11.4 Å². The fourth-order valence-corrected chi connectivity index (χ4v) is 2.17. The molecule has 19 heavy (non-hydrogen) atoms. The van der Waals surface area contributed by atoms with Gasteiger partial charge < -0.3 is 4.74 Å². The molecule has 0 bridgehead atoms. The van der Waals surface area contributed by atoms with Crippen LogP contribution >= 0.6 is 0 Å². The Morgan fingerprint density at radius 3 is 2.68 bits per heavy atom. The normalized spacial score (nSPS) is 16.1. The second kappa shape index (κ2) is 4.88. The Kier molecular flexibility index (Phi) is 3.58. The van der Waals surface area contributed by atoms with E-state index in [0.29, 0.717) is 18.2 Å². The first-order valence-electron chi connectivity index (χ1n) is 5.92. The van der Waals surface area contributed by atoms with Crippen LogP contribution in [-0.2, 0) is 28.6 Å². The Labute approximate surface area is 114 Å². The molecular formula is C12H17N3O3S. The molecule has 6 nitrogen and oxygen atoms in total. The smallest absolute Gasteiger partial charge is 0.410 e. The van der Waals surface area contributed by atoms with E-state index in [0.717, 1.165) is 11.3 Å². The standard InChI is InChI=1S/C12H17N3O3S/c1-12(2,3)18-11(16)15-6-8-5-13-10(19(4)17)14-9(8)7-15/h5H,6-7H2,1-4H3/t19-/m1/s1. The lowest BCUT2D eigenvalue weighted by Gasteiger charge is -2.23. The summed E-state index contributed by atoms with van der Waals surface area (Å²) in [7, 11) is -1.22. The largest absolute Gasteiger partial charge is 0.444 e. The maximum Gasteiger partial charge on any atom is 0.410 e. The van der Waals surface area contributed by atoms with Crippen molar-refractivity contribution in [1.82, 2.24) is 14.9 Å². The summed E-state index contributed by atoms with van der Waals surface area (Å²) in [6.07, 6.45) is 2.79. The maximum absolute atomic E-state index is 11.9. The van der Waals surface area contributed by atoms with Gasteiger partial charge in [-0.25, -0.2) is 14.8 Å². The van der Waals surface area contributed by atoms with Crippen LogP contribution in [0.1, 0.15) is 32.0 Å². The van der Waals surface area contributed by atoms with E-state index >= 15 is 0 Å². The number of carbonyl (C=O) groups excluding carboxylic acids is 1. The predicted molar refractivity (Wildman–Crippen MR) is 69.8 cm³/mol. The first-order chi connectivity index (χ1) is 8.76. The number of rotatable bonds is 1. The number of fused-ring (bicyclic) bond motifs is 1. The van der Waals surface area contributed by atoms with Crippen molar-refractivity contribution in [2.45, 2.75) is 44.6 Å². The fourth-order valence-electron chi connectivity index (χ4n) is 1.73. The van der Waals surface area contributed by atoms with Gasteiger partial charge in [0.2, 0.25) is 5.16 Å². The van der Waals surface area contributed by atoms with Crippen molar-refractivity contribution in [3.63, 3.8) is 0 Å². The molecule has 0 radical (unpaired) electrons. The van der Waals surface area contributed by atoms with Gasteiger partial charge in [-0.2, -0.15) is 0 Å². The van der Waals surface area contributed by atoms with E-state index in [9.17, 15) is 9.00 Å². The molecule has 0 N–H and O–H groups in total. The van der Waals surface area contributed by atoms with Gasteiger partial charge in [-0.15, -0.1) is 0 Å². The van der Waals surface area contributed by atoms with Crippen LogP contribution in [0.25, 0.3) is 0 Å². The molecular weight excluding hydrogens is 266 g/mol. The summed E-state index contributed by atoms with van der Waals surface area (Å²) in [6, 6.07) is 0. The van der Waals surface area contributed by atoms with Gasteiger partial charge >= 0.3 is 6.09 Å². The molecule has 0 aliphatic carbocycles. The molecule has 0 aromatic carbocycles. The van der Waals surface area contributed by atoms with Gasteiger partial charge in [0.1, 0.15) is 5.60 Å². The molecule has 1 aromatic heterocycles. The number of carbonyl (C=O) groups is 1. The zero-order valence-electron chi connectivity index (χ0n) is 11.5. The average Bonchev–Trinajstić information content (AvgIpc) is 2.68. The van der Waals surface area contributed by atoms with Crippen molar-refractivity contribution < 1.29 is 13.7 Å². The quantitative estimate of drug-likeness (QED) is 0.730. The van der Waals surface area contributed by atoms with Crippen molar-refractivity contribution in [1.29, 1.82) is 0 Å². The third-order valence-corrected chi connectivity index (χ3v) is 3.25. The summed E-state index contributed by atoms with van der Waals surface area (Å²) in [5.41, 5.74) is 1.10. The SMILES string of the molecule is C[S@@](=O)c1ncc2c(n1)CN(C(=O)OC(C)(C)C)C2. The molecule has 0 unspecified atom stereocenters. The summed E-state index contributed by atoms with van der Waals surface area (Å²) in [5.74, 6) is 0. The van der Waals surface area contributed by atoms with Gasteiger partial charge in [-0.3, -0.25) is 9.11 Å². The second-order valence-corrected chi connectivity index (χ2v) is 6.69. The first kappa shape index (κ1) is 13.9. The summed E-state index contributed by atoms with van der Waals surface area (Å²) in [5, 5.41) is 0.296. The van der Waals surface area contributed by atoms with Crippen molar-refractivity contribution in [3.8, 4) is 0 Å². The lowest BCUT2D eigenvalue weighted by Crippen LogP contribution is -2.33. The number of aromatic nitrogens is 2. The average molecular weight is 283 g/mol. The van der Waals surface area contributed by atoms with E-state index < -0.39 is 16.4 Å². The second-order valence-electron chi connectivity index (χ2n) is 5.42. The first-order valence-corrected chi connectivity index (χ1v) is 7.48. The highest BCUT2D eigenvalue weighted by Gasteiger charge is 2.29. The van der Waals surface area contributed by atoms with Gasteiger partial charge in [0.15, 0.2) is 0 Å². The monoisotopic (exact) mass is 283 g/mol. The summed E-state index contributed by atoms with van der Waals surface area (Å²) in [4.78, 5) is 21.8. The zero-order valence-corrected chi connectivity index (χ0v) is 12.3. The van der Waals surface area contributed by atoms with Crippen LogP contribution in [0.2, 0.25) is 0 Å². The van der Waals surface area contributed by atoms with E-state index in [1.807, 2.05) is 20.8 Å². The third kappa shape index (κ3) is 3.28. The Morgan fingerprint density at radius 2 is 2.11 bits per heavy atom. The highest BCUT2D eigenvalue weighted by atomic mass is 32.2. The molecule has 1 aliphatic heterocycles. The third-order valence-electron chi connectivity index (χ3n) is 2.54. The molecule has 0 spiro atoms. The van der Waals surface area contributed by atoms with E-state index in [-0.39, 0.29) is 6.09 Å². The minimum Gasteiger partial charge on any atom is -0.444 e. The van der Waals surface area contributed by atoms with Gasteiger partial charge in [0.05, 0.1) is 29.6 Å². The Morgan fingerprint density at radius 1 is 1.42 bits per heavy atom. The molecule has 104 valence electrons. The zero-order chi connectivity index (χ0) is 14.2. The van der Waals surface area contributed by atoms with E-state index in [4.69, 9.17) is 4.74 Å². The topological polar surface area (TPSA) is 72.4 Å². The van der Waals surface area contributed by atoms with Crippen LogP contribution in [-0.4, -0.2) is 37.0 Å². The van der Waals surface area contributed by atoms with Crippen molar-refractivity contribution in [2.75, 3.05) is 6.26 Å². The minimum absolute atomic E-state index is 0.296. The predicted octanol–water partition coefficient (Wildman–Crippen LogP) is 1.46. The van der Waals surface area contributed by atoms with Gasteiger partial charge in [0, 0.05) is 18.0 Å². The molecule has 0 saturated carbocycles.